The summed E-state index contributed by atoms with van der Waals surface area (Å²) in [5.41, 5.74) is -4.81. The van der Waals surface area contributed by atoms with Crippen molar-refractivity contribution in [2.45, 2.75) is 95.2 Å². The maximum absolute atomic E-state index is 15.2. The van der Waals surface area contributed by atoms with Gasteiger partial charge in [-0.3, -0.25) is 14.6 Å². The van der Waals surface area contributed by atoms with E-state index in [9.17, 15) is 40.3 Å². The number of urea groups is 1. The first-order valence-corrected chi connectivity index (χ1v) is 18.3. The SMILES string of the molecule is COC(=O)N[C@H]1CC[C@H](C23C(=O)C(C)(N4C[C@@H](N(C)C(=O)N(C)c5cc(C(F)(F)F)cc(C(F)(F)F)c5)[C@H](c5ccc(F)cc5)C4)CCC2C3(C)C)CC1. The lowest BCUT2D eigenvalue weighted by Gasteiger charge is -2.47. The summed E-state index contributed by atoms with van der Waals surface area (Å²) >= 11 is 0. The third kappa shape index (κ3) is 6.61. The van der Waals surface area contributed by atoms with Gasteiger partial charge in [0.25, 0.3) is 0 Å². The number of nitrogens with one attached hydrogen (secondary N) is 1. The second kappa shape index (κ2) is 13.7. The van der Waals surface area contributed by atoms with E-state index in [1.54, 1.807) is 12.1 Å². The van der Waals surface area contributed by atoms with Gasteiger partial charge >= 0.3 is 24.5 Å². The number of likely N-dealkylation sites (N-methyl/N-ethyl adjacent to an activating group) is 1. The zero-order valence-electron chi connectivity index (χ0n) is 31.2. The minimum Gasteiger partial charge on any atom is -0.453 e. The molecule has 3 aliphatic carbocycles. The number of anilines is 1. The normalized spacial score (nSPS) is 31.1. The first kappa shape index (κ1) is 39.8. The number of alkyl carbamates (subject to hydrolysis) is 1. The predicted molar refractivity (Wildman–Crippen MR) is 186 cm³/mol. The van der Waals surface area contributed by atoms with Gasteiger partial charge in [-0.05, 0) is 98.6 Å². The molecule has 8 nitrogen and oxygen atoms in total. The number of methoxy groups -OCH3 is 1. The molecule has 6 rings (SSSR count). The molecule has 54 heavy (non-hydrogen) atoms. The molecule has 0 bridgehead atoms. The highest BCUT2D eigenvalue weighted by Crippen LogP contribution is 2.79. The average molecular weight is 769 g/mol. The predicted octanol–water partition coefficient (Wildman–Crippen LogP) is 8.50. The second-order valence-corrected chi connectivity index (χ2v) is 16.3. The molecule has 2 aromatic carbocycles. The topological polar surface area (TPSA) is 82.2 Å². The molecule has 0 spiro atoms. The summed E-state index contributed by atoms with van der Waals surface area (Å²) in [5, 5.41) is 2.88. The molecule has 3 unspecified atom stereocenters. The number of carbonyl (C=O) groups is 3. The van der Waals surface area contributed by atoms with Crippen molar-refractivity contribution >= 4 is 23.6 Å². The Morgan fingerprint density at radius 3 is 1.98 bits per heavy atom. The Morgan fingerprint density at radius 1 is 0.870 bits per heavy atom. The Bertz CT molecular complexity index is 1740. The van der Waals surface area contributed by atoms with Crippen LogP contribution in [0.4, 0.5) is 46.0 Å². The van der Waals surface area contributed by atoms with Gasteiger partial charge in [-0.15, -0.1) is 0 Å². The summed E-state index contributed by atoms with van der Waals surface area (Å²) < 4.78 is 101. The van der Waals surface area contributed by atoms with Crippen LogP contribution >= 0.6 is 0 Å². The van der Waals surface area contributed by atoms with E-state index in [-0.39, 0.29) is 41.7 Å². The van der Waals surface area contributed by atoms with E-state index in [1.807, 2.05) is 6.92 Å². The minimum absolute atomic E-state index is 0.0101. The van der Waals surface area contributed by atoms with Gasteiger partial charge in [-0.1, -0.05) is 26.0 Å². The van der Waals surface area contributed by atoms with Gasteiger partial charge in [0.15, 0.2) is 5.78 Å². The molecular formula is C39H47F7N4O4. The Kier molecular flexibility index (Phi) is 10.1. The van der Waals surface area contributed by atoms with Gasteiger partial charge in [0.05, 0.1) is 29.8 Å². The minimum atomic E-state index is -5.10. The molecule has 1 saturated heterocycles. The summed E-state index contributed by atoms with van der Waals surface area (Å²) in [6.45, 7) is 6.72. The molecule has 3 saturated carbocycles. The number of benzene rings is 2. The van der Waals surface area contributed by atoms with Crippen LogP contribution in [0.5, 0.6) is 0 Å². The molecule has 3 amide bonds. The van der Waals surface area contributed by atoms with Crippen molar-refractivity contribution in [3.63, 3.8) is 0 Å². The van der Waals surface area contributed by atoms with Crippen molar-refractivity contribution in [1.29, 1.82) is 0 Å². The third-order valence-corrected chi connectivity index (χ3v) is 13.4. The van der Waals surface area contributed by atoms with Crippen LogP contribution in [0.2, 0.25) is 0 Å². The monoisotopic (exact) mass is 768 g/mol. The number of amides is 3. The van der Waals surface area contributed by atoms with E-state index in [0.717, 1.165) is 31.2 Å². The molecule has 2 aromatic rings. The van der Waals surface area contributed by atoms with Gasteiger partial charge in [-0.2, -0.15) is 26.3 Å². The standard InChI is InChI=1S/C39H47F7N4O4/c1-35(2)31-15-16-36(3,32(51)37(31,35)23-9-13-27(14-10-23)47-33(52)54-6)50-20-29(22-7-11-26(40)12-8-22)30(21-50)49(5)34(53)48(4)28-18-24(38(41,42)43)17-25(19-28)39(44,45)46/h7-8,11-12,17-19,23,27,29-31H,9-10,13-16,20-21H2,1-6H3,(H,47,52)/t23-,27-,29-,30+,31?,36?,37?/m0/s1. The number of hydrogen-bond donors (Lipinski definition) is 1. The van der Waals surface area contributed by atoms with E-state index >= 15 is 4.79 Å². The van der Waals surface area contributed by atoms with Gasteiger partial charge in [0.2, 0.25) is 0 Å². The van der Waals surface area contributed by atoms with Crippen molar-refractivity contribution in [2.75, 3.05) is 39.2 Å². The van der Waals surface area contributed by atoms with Crippen LogP contribution < -0.4 is 10.2 Å². The van der Waals surface area contributed by atoms with Crippen LogP contribution in [0.1, 0.15) is 81.9 Å². The number of halogens is 7. The number of ketones is 1. The summed E-state index contributed by atoms with van der Waals surface area (Å²) in [5.74, 6) is -0.536. The average Bonchev–Trinajstić information content (AvgIpc) is 3.37. The van der Waals surface area contributed by atoms with E-state index in [2.05, 4.69) is 24.1 Å². The van der Waals surface area contributed by atoms with Crippen LogP contribution in [0.3, 0.4) is 0 Å². The number of rotatable bonds is 6. The second-order valence-electron chi connectivity index (χ2n) is 16.3. The van der Waals surface area contributed by atoms with E-state index in [0.29, 0.717) is 43.5 Å². The molecule has 1 aliphatic heterocycles. The number of fused-ring (bicyclic) bond motifs is 1. The van der Waals surface area contributed by atoms with Gasteiger partial charge in [0.1, 0.15) is 5.82 Å². The lowest BCUT2D eigenvalue weighted by molar-refractivity contribution is -0.144. The fraction of sp³-hybridized carbons (Fsp3) is 0.615. The highest BCUT2D eigenvalue weighted by Gasteiger charge is 2.81. The summed E-state index contributed by atoms with van der Waals surface area (Å²) in [6.07, 6.45) is -6.39. The number of alkyl halides is 6. The summed E-state index contributed by atoms with van der Waals surface area (Å²) in [7, 11) is 3.88. The zero-order valence-corrected chi connectivity index (χ0v) is 31.2. The number of hydrogen-bond acceptors (Lipinski definition) is 5. The van der Waals surface area contributed by atoms with Crippen molar-refractivity contribution < 1.29 is 49.9 Å². The molecule has 4 aliphatic rings. The molecule has 296 valence electrons. The van der Waals surface area contributed by atoms with Crippen LogP contribution in [0, 0.1) is 28.5 Å². The lowest BCUT2D eigenvalue weighted by atomic mass is 9.63. The number of Topliss-reactive ketones (excluding diaryl/α,β-unsaturated/α-hetero) is 1. The Morgan fingerprint density at radius 2 is 1.44 bits per heavy atom. The van der Waals surface area contributed by atoms with Gasteiger partial charge in [-0.25, -0.2) is 14.0 Å². The van der Waals surface area contributed by atoms with Crippen LogP contribution in [0.25, 0.3) is 0 Å². The molecule has 15 heteroatoms. The number of ether oxygens (including phenoxy) is 1. The van der Waals surface area contributed by atoms with Crippen molar-refractivity contribution in [3.05, 3.63) is 65.0 Å². The highest BCUT2D eigenvalue weighted by molar-refractivity contribution is 5.99. The molecular weight excluding hydrogens is 721 g/mol. The molecule has 4 fully saturated rings. The first-order chi connectivity index (χ1) is 25.1. The summed E-state index contributed by atoms with van der Waals surface area (Å²) in [6, 6.07) is 5.21. The Hall–Kier alpha value is -3.88. The molecule has 0 aromatic heterocycles. The lowest BCUT2D eigenvalue weighted by Crippen LogP contribution is -2.59. The number of likely N-dealkylation sites (tertiary alicyclic amines) is 1. The highest BCUT2D eigenvalue weighted by atomic mass is 19.4. The van der Waals surface area contributed by atoms with Crippen molar-refractivity contribution in [1.82, 2.24) is 15.1 Å². The zero-order chi connectivity index (χ0) is 39.8. The van der Waals surface area contributed by atoms with Crippen LogP contribution in [0.15, 0.2) is 42.5 Å². The van der Waals surface area contributed by atoms with Crippen molar-refractivity contribution in [3.8, 4) is 0 Å². The number of carbonyl (C=O) groups excluding carboxylic acids is 3. The van der Waals surface area contributed by atoms with E-state index in [4.69, 9.17) is 4.74 Å². The third-order valence-electron chi connectivity index (χ3n) is 13.4. The quantitative estimate of drug-likeness (QED) is 0.298. The Balaban J connectivity index is 1.29. The van der Waals surface area contributed by atoms with Crippen LogP contribution in [-0.4, -0.2) is 79.6 Å². The van der Waals surface area contributed by atoms with Crippen molar-refractivity contribution in [2.24, 2.45) is 22.7 Å². The van der Waals surface area contributed by atoms with Gasteiger partial charge in [0, 0.05) is 50.2 Å². The fourth-order valence-corrected chi connectivity index (χ4v) is 10.4. The number of nitrogens with zero attached hydrogens (tertiary/aromatic N) is 3. The maximum Gasteiger partial charge on any atom is 0.416 e. The molecule has 1 heterocycles. The largest absolute Gasteiger partial charge is 0.453 e. The fourth-order valence-electron chi connectivity index (χ4n) is 10.4. The summed E-state index contributed by atoms with van der Waals surface area (Å²) in [4.78, 5) is 45.2. The Labute approximate surface area is 310 Å². The first-order valence-electron chi connectivity index (χ1n) is 18.3. The van der Waals surface area contributed by atoms with Crippen LogP contribution in [-0.2, 0) is 21.9 Å². The molecule has 5 atom stereocenters. The van der Waals surface area contributed by atoms with E-state index in [1.165, 1.54) is 31.2 Å². The molecule has 1 N–H and O–H groups in total. The smallest absolute Gasteiger partial charge is 0.416 e. The van der Waals surface area contributed by atoms with E-state index < -0.39 is 70.0 Å². The van der Waals surface area contributed by atoms with Gasteiger partial charge < -0.3 is 15.0 Å². The molecule has 0 radical (unpaired) electrons. The maximum atomic E-state index is 15.2.